The van der Waals surface area contributed by atoms with E-state index in [1.165, 1.54) is 48.5 Å². The molecule has 1 heterocycles. The summed E-state index contributed by atoms with van der Waals surface area (Å²) in [7, 11) is 0. The molecule has 6 heteroatoms. The zero-order chi connectivity index (χ0) is 17.8. The Balaban J connectivity index is 1.62. The van der Waals surface area contributed by atoms with Gasteiger partial charge in [0.2, 0.25) is 0 Å². The summed E-state index contributed by atoms with van der Waals surface area (Å²) in [6.07, 6.45) is 1.53. The van der Waals surface area contributed by atoms with Gasteiger partial charge in [0.15, 0.2) is 0 Å². The van der Waals surface area contributed by atoms with Crippen LogP contribution in [0.3, 0.4) is 0 Å². The van der Waals surface area contributed by atoms with E-state index in [-0.39, 0.29) is 23.7 Å². The fourth-order valence-corrected chi connectivity index (χ4v) is 2.92. The van der Waals surface area contributed by atoms with Crippen molar-refractivity contribution in [3.63, 3.8) is 0 Å². The smallest absolute Gasteiger partial charge is 0.253 e. The number of likely N-dealkylation sites (tertiary alicyclic amines) is 1. The summed E-state index contributed by atoms with van der Waals surface area (Å²) in [5, 5.41) is 2.88. The van der Waals surface area contributed by atoms with E-state index < -0.39 is 5.82 Å². The highest BCUT2D eigenvalue weighted by Crippen LogP contribution is 2.15. The van der Waals surface area contributed by atoms with Crippen LogP contribution in [0.25, 0.3) is 0 Å². The van der Waals surface area contributed by atoms with Crippen LogP contribution in [0.15, 0.2) is 48.5 Å². The fourth-order valence-electron chi connectivity index (χ4n) is 2.92. The molecule has 1 atom stereocenters. The Bertz CT molecular complexity index is 760. The van der Waals surface area contributed by atoms with Crippen molar-refractivity contribution in [3.05, 3.63) is 71.3 Å². The number of rotatable bonds is 3. The highest BCUT2D eigenvalue weighted by atomic mass is 19.1. The Morgan fingerprint density at radius 1 is 0.920 bits per heavy atom. The molecule has 0 bridgehead atoms. The summed E-state index contributed by atoms with van der Waals surface area (Å²) in [5.74, 6) is -1.26. The van der Waals surface area contributed by atoms with Gasteiger partial charge in [-0.3, -0.25) is 9.59 Å². The van der Waals surface area contributed by atoms with E-state index in [0.29, 0.717) is 24.2 Å². The Morgan fingerprint density at radius 3 is 2.08 bits per heavy atom. The first kappa shape index (κ1) is 17.1. The molecule has 0 aliphatic carbocycles. The lowest BCUT2D eigenvalue weighted by Gasteiger charge is -2.33. The number of carbonyl (C=O) groups is 2. The second kappa shape index (κ2) is 7.42. The van der Waals surface area contributed by atoms with Crippen LogP contribution in [-0.4, -0.2) is 35.8 Å². The molecule has 1 fully saturated rings. The third-order valence-electron chi connectivity index (χ3n) is 4.24. The maximum atomic E-state index is 13.0. The van der Waals surface area contributed by atoms with Gasteiger partial charge in [0.05, 0.1) is 0 Å². The van der Waals surface area contributed by atoms with Crippen LogP contribution in [0.5, 0.6) is 0 Å². The molecule has 0 spiro atoms. The van der Waals surface area contributed by atoms with E-state index in [1.54, 1.807) is 4.90 Å². The minimum atomic E-state index is -0.398. The van der Waals surface area contributed by atoms with Crippen LogP contribution in [0.4, 0.5) is 8.78 Å². The van der Waals surface area contributed by atoms with Crippen LogP contribution in [0, 0.1) is 11.6 Å². The van der Waals surface area contributed by atoms with E-state index in [0.717, 1.165) is 12.8 Å². The average Bonchev–Trinajstić information content (AvgIpc) is 2.62. The van der Waals surface area contributed by atoms with Crippen molar-refractivity contribution in [1.82, 2.24) is 10.2 Å². The Labute approximate surface area is 144 Å². The predicted octanol–water partition coefficient (Wildman–Crippen LogP) is 3.00. The zero-order valence-electron chi connectivity index (χ0n) is 13.5. The summed E-state index contributed by atoms with van der Waals surface area (Å²) >= 11 is 0. The first-order valence-corrected chi connectivity index (χ1v) is 8.14. The number of benzene rings is 2. The lowest BCUT2D eigenvalue weighted by Crippen LogP contribution is -2.49. The summed E-state index contributed by atoms with van der Waals surface area (Å²) < 4.78 is 25.9. The van der Waals surface area contributed by atoms with Gasteiger partial charge in [-0.15, -0.1) is 0 Å². The third kappa shape index (κ3) is 4.21. The van der Waals surface area contributed by atoms with E-state index in [1.807, 2.05) is 0 Å². The van der Waals surface area contributed by atoms with Crippen LogP contribution in [0.1, 0.15) is 33.6 Å². The van der Waals surface area contributed by atoms with Crippen molar-refractivity contribution in [2.75, 3.05) is 13.1 Å². The summed E-state index contributed by atoms with van der Waals surface area (Å²) in [6, 6.07) is 10.6. The summed E-state index contributed by atoms with van der Waals surface area (Å²) in [6.45, 7) is 0.988. The first-order chi connectivity index (χ1) is 12.0. The molecule has 2 amide bonds. The molecule has 25 heavy (non-hydrogen) atoms. The van der Waals surface area contributed by atoms with Crippen molar-refractivity contribution in [3.8, 4) is 0 Å². The van der Waals surface area contributed by atoms with Crippen LogP contribution >= 0.6 is 0 Å². The van der Waals surface area contributed by atoms with E-state index >= 15 is 0 Å². The molecule has 130 valence electrons. The SMILES string of the molecule is O=C(NC1CCCN(C(=O)c2ccc(F)cc2)C1)c1ccc(F)cc1. The quantitative estimate of drug-likeness (QED) is 0.931. The predicted molar refractivity (Wildman–Crippen MR) is 89.2 cm³/mol. The lowest BCUT2D eigenvalue weighted by atomic mass is 10.0. The number of carbonyl (C=O) groups excluding carboxylic acids is 2. The summed E-state index contributed by atoms with van der Waals surface area (Å²) in [4.78, 5) is 26.4. The van der Waals surface area contributed by atoms with E-state index in [2.05, 4.69) is 5.32 Å². The van der Waals surface area contributed by atoms with E-state index in [4.69, 9.17) is 0 Å². The Hall–Kier alpha value is -2.76. The van der Waals surface area contributed by atoms with Gasteiger partial charge in [-0.05, 0) is 61.4 Å². The molecule has 1 aliphatic heterocycles. The maximum Gasteiger partial charge on any atom is 0.253 e. The zero-order valence-corrected chi connectivity index (χ0v) is 13.5. The van der Waals surface area contributed by atoms with Crippen LogP contribution in [0.2, 0.25) is 0 Å². The number of amides is 2. The molecule has 1 unspecified atom stereocenters. The average molecular weight is 344 g/mol. The minimum Gasteiger partial charge on any atom is -0.348 e. The van der Waals surface area contributed by atoms with Gasteiger partial charge in [0.1, 0.15) is 11.6 Å². The van der Waals surface area contributed by atoms with Crippen LogP contribution < -0.4 is 5.32 Å². The van der Waals surface area contributed by atoms with Gasteiger partial charge < -0.3 is 10.2 Å². The van der Waals surface area contributed by atoms with Gasteiger partial charge in [0, 0.05) is 30.3 Å². The van der Waals surface area contributed by atoms with Crippen molar-refractivity contribution < 1.29 is 18.4 Å². The van der Waals surface area contributed by atoms with Crippen LogP contribution in [-0.2, 0) is 0 Å². The molecule has 3 rings (SSSR count). The Morgan fingerprint density at radius 2 is 1.48 bits per heavy atom. The molecule has 0 radical (unpaired) electrons. The van der Waals surface area contributed by atoms with E-state index in [9.17, 15) is 18.4 Å². The Kier molecular flexibility index (Phi) is 5.07. The van der Waals surface area contributed by atoms with Crippen molar-refractivity contribution >= 4 is 11.8 Å². The van der Waals surface area contributed by atoms with Gasteiger partial charge in [-0.2, -0.15) is 0 Å². The van der Waals surface area contributed by atoms with Gasteiger partial charge in [0.25, 0.3) is 11.8 Å². The van der Waals surface area contributed by atoms with Crippen molar-refractivity contribution in [1.29, 1.82) is 0 Å². The highest BCUT2D eigenvalue weighted by Gasteiger charge is 2.25. The molecule has 0 aromatic heterocycles. The number of halogens is 2. The normalized spacial score (nSPS) is 17.2. The molecule has 4 nitrogen and oxygen atoms in total. The molecule has 1 aliphatic rings. The number of hydrogen-bond acceptors (Lipinski definition) is 2. The monoisotopic (exact) mass is 344 g/mol. The number of nitrogens with zero attached hydrogens (tertiary/aromatic N) is 1. The maximum absolute atomic E-state index is 13.0. The fraction of sp³-hybridized carbons (Fsp3) is 0.263. The highest BCUT2D eigenvalue weighted by molar-refractivity contribution is 5.95. The lowest BCUT2D eigenvalue weighted by molar-refractivity contribution is 0.0676. The minimum absolute atomic E-state index is 0.171. The molecule has 1 saturated heterocycles. The van der Waals surface area contributed by atoms with Gasteiger partial charge in [-0.25, -0.2) is 8.78 Å². The topological polar surface area (TPSA) is 49.4 Å². The molecule has 0 saturated carbocycles. The third-order valence-corrected chi connectivity index (χ3v) is 4.24. The molecular formula is C19H18F2N2O2. The first-order valence-electron chi connectivity index (χ1n) is 8.14. The van der Waals surface area contributed by atoms with Crippen molar-refractivity contribution in [2.24, 2.45) is 0 Å². The van der Waals surface area contributed by atoms with Gasteiger partial charge in [-0.1, -0.05) is 0 Å². The number of hydrogen-bond donors (Lipinski definition) is 1. The molecule has 2 aromatic rings. The number of piperidine rings is 1. The second-order valence-corrected chi connectivity index (χ2v) is 6.08. The standard InChI is InChI=1S/C19H18F2N2O2/c20-15-7-3-13(4-8-15)18(24)22-17-2-1-11-23(12-17)19(25)14-5-9-16(21)10-6-14/h3-10,17H,1-2,11-12H2,(H,22,24). The summed E-state index contributed by atoms with van der Waals surface area (Å²) in [5.41, 5.74) is 0.801. The molecular weight excluding hydrogens is 326 g/mol. The molecule has 1 N–H and O–H groups in total. The van der Waals surface area contributed by atoms with Gasteiger partial charge >= 0.3 is 0 Å². The second-order valence-electron chi connectivity index (χ2n) is 6.08. The molecule has 2 aromatic carbocycles. The van der Waals surface area contributed by atoms with Crippen molar-refractivity contribution in [2.45, 2.75) is 18.9 Å². The number of nitrogens with one attached hydrogen (secondary N) is 1. The largest absolute Gasteiger partial charge is 0.348 e.